The summed E-state index contributed by atoms with van der Waals surface area (Å²) in [5.74, 6) is 0.845. The minimum atomic E-state index is 0.141. The van der Waals surface area contributed by atoms with Crippen molar-refractivity contribution in [1.29, 1.82) is 0 Å². The summed E-state index contributed by atoms with van der Waals surface area (Å²) in [5, 5.41) is 4.29. The van der Waals surface area contributed by atoms with Crippen molar-refractivity contribution in [3.05, 3.63) is 18.0 Å². The molecule has 2 heterocycles. The molecular formula is C14H26N4. The van der Waals surface area contributed by atoms with E-state index in [2.05, 4.69) is 30.0 Å². The number of hydrogen-bond acceptors (Lipinski definition) is 3. The molecule has 1 aromatic rings. The fraction of sp³-hybridized carbons (Fsp3) is 0.786. The lowest BCUT2D eigenvalue weighted by atomic mass is 10.0. The Morgan fingerprint density at radius 3 is 2.78 bits per heavy atom. The van der Waals surface area contributed by atoms with Gasteiger partial charge in [0.05, 0.1) is 12.2 Å². The van der Waals surface area contributed by atoms with Gasteiger partial charge in [-0.15, -0.1) is 0 Å². The number of nitrogens with two attached hydrogens (primary N) is 1. The molecule has 1 aliphatic heterocycles. The van der Waals surface area contributed by atoms with Crippen LogP contribution in [0.5, 0.6) is 0 Å². The maximum Gasteiger partial charge on any atom is 0.0538 e. The average molecular weight is 250 g/mol. The van der Waals surface area contributed by atoms with Crippen LogP contribution in [-0.4, -0.2) is 33.8 Å². The SMILES string of the molecule is CC1CCCN(C(c2cnn(C)c2)C(C)N)CC1. The van der Waals surface area contributed by atoms with Gasteiger partial charge >= 0.3 is 0 Å². The molecule has 1 saturated heterocycles. The normalized spacial score (nSPS) is 25.7. The van der Waals surface area contributed by atoms with Crippen molar-refractivity contribution < 1.29 is 0 Å². The van der Waals surface area contributed by atoms with Gasteiger partial charge in [0, 0.05) is 24.8 Å². The molecule has 1 aromatic heterocycles. The van der Waals surface area contributed by atoms with Gasteiger partial charge in [0.25, 0.3) is 0 Å². The Bertz CT molecular complexity index is 372. The van der Waals surface area contributed by atoms with Crippen LogP contribution in [0, 0.1) is 5.92 Å². The molecule has 2 N–H and O–H groups in total. The second-order valence-electron chi connectivity index (χ2n) is 5.82. The lowest BCUT2D eigenvalue weighted by Gasteiger charge is -2.32. The van der Waals surface area contributed by atoms with Crippen LogP contribution in [0.4, 0.5) is 0 Å². The van der Waals surface area contributed by atoms with E-state index in [9.17, 15) is 0 Å². The van der Waals surface area contributed by atoms with Crippen molar-refractivity contribution >= 4 is 0 Å². The fourth-order valence-corrected chi connectivity index (χ4v) is 3.00. The molecule has 2 rings (SSSR count). The van der Waals surface area contributed by atoms with Crippen molar-refractivity contribution in [3.63, 3.8) is 0 Å². The summed E-state index contributed by atoms with van der Waals surface area (Å²) < 4.78 is 1.87. The molecule has 1 fully saturated rings. The first-order chi connectivity index (χ1) is 8.58. The summed E-state index contributed by atoms with van der Waals surface area (Å²) in [5.41, 5.74) is 7.47. The van der Waals surface area contributed by atoms with E-state index in [1.54, 1.807) is 0 Å². The molecule has 4 nitrogen and oxygen atoms in total. The summed E-state index contributed by atoms with van der Waals surface area (Å²) >= 11 is 0. The van der Waals surface area contributed by atoms with E-state index in [1.807, 2.05) is 17.9 Å². The van der Waals surface area contributed by atoms with Crippen molar-refractivity contribution in [2.24, 2.45) is 18.7 Å². The molecule has 0 spiro atoms. The number of aromatic nitrogens is 2. The van der Waals surface area contributed by atoms with Crippen LogP contribution in [0.3, 0.4) is 0 Å². The maximum atomic E-state index is 6.22. The van der Waals surface area contributed by atoms with E-state index in [-0.39, 0.29) is 6.04 Å². The second kappa shape index (κ2) is 5.85. The summed E-state index contributed by atoms with van der Waals surface area (Å²) in [6, 6.07) is 0.451. The van der Waals surface area contributed by atoms with Gasteiger partial charge in [-0.2, -0.15) is 5.10 Å². The number of nitrogens with zero attached hydrogens (tertiary/aromatic N) is 3. The number of hydrogen-bond donors (Lipinski definition) is 1. The number of likely N-dealkylation sites (tertiary alicyclic amines) is 1. The van der Waals surface area contributed by atoms with Gasteiger partial charge in [0.1, 0.15) is 0 Å². The third-order valence-electron chi connectivity index (χ3n) is 4.01. The molecule has 0 amide bonds. The van der Waals surface area contributed by atoms with Crippen LogP contribution >= 0.6 is 0 Å². The minimum Gasteiger partial charge on any atom is -0.326 e. The second-order valence-corrected chi connectivity index (χ2v) is 5.82. The molecular weight excluding hydrogens is 224 g/mol. The maximum absolute atomic E-state index is 6.22. The highest BCUT2D eigenvalue weighted by Gasteiger charge is 2.26. The van der Waals surface area contributed by atoms with Crippen LogP contribution < -0.4 is 5.73 Å². The smallest absolute Gasteiger partial charge is 0.0538 e. The van der Waals surface area contributed by atoms with Crippen molar-refractivity contribution in [2.75, 3.05) is 13.1 Å². The van der Waals surface area contributed by atoms with E-state index in [0.29, 0.717) is 6.04 Å². The molecule has 0 radical (unpaired) electrons. The van der Waals surface area contributed by atoms with E-state index in [1.165, 1.54) is 24.8 Å². The highest BCUT2D eigenvalue weighted by Crippen LogP contribution is 2.27. The van der Waals surface area contributed by atoms with Gasteiger partial charge in [-0.3, -0.25) is 9.58 Å². The van der Waals surface area contributed by atoms with Gasteiger partial charge in [-0.25, -0.2) is 0 Å². The first kappa shape index (κ1) is 13.6. The third kappa shape index (κ3) is 3.12. The summed E-state index contributed by atoms with van der Waals surface area (Å²) in [6.07, 6.45) is 7.97. The zero-order chi connectivity index (χ0) is 13.1. The van der Waals surface area contributed by atoms with Crippen molar-refractivity contribution in [2.45, 2.75) is 45.2 Å². The largest absolute Gasteiger partial charge is 0.326 e. The number of rotatable bonds is 3. The van der Waals surface area contributed by atoms with Gasteiger partial charge in [0.15, 0.2) is 0 Å². The minimum absolute atomic E-state index is 0.141. The topological polar surface area (TPSA) is 47.1 Å². The first-order valence-electron chi connectivity index (χ1n) is 7.06. The first-order valence-corrected chi connectivity index (χ1v) is 7.06. The molecule has 0 bridgehead atoms. The lowest BCUT2D eigenvalue weighted by Crippen LogP contribution is -2.40. The summed E-state index contributed by atoms with van der Waals surface area (Å²) in [7, 11) is 1.96. The average Bonchev–Trinajstić information content (AvgIpc) is 2.60. The zero-order valence-electron chi connectivity index (χ0n) is 11.8. The van der Waals surface area contributed by atoms with E-state index >= 15 is 0 Å². The van der Waals surface area contributed by atoms with Crippen LogP contribution in [0.25, 0.3) is 0 Å². The highest BCUT2D eigenvalue weighted by atomic mass is 15.3. The Labute approximate surface area is 110 Å². The van der Waals surface area contributed by atoms with Gasteiger partial charge in [-0.1, -0.05) is 6.92 Å². The molecule has 1 aliphatic rings. The Kier molecular flexibility index (Phi) is 4.40. The molecule has 0 saturated carbocycles. The van der Waals surface area contributed by atoms with Gasteiger partial charge in [0.2, 0.25) is 0 Å². The van der Waals surface area contributed by atoms with Crippen LogP contribution in [0.15, 0.2) is 12.4 Å². The quantitative estimate of drug-likeness (QED) is 0.891. The Balaban J connectivity index is 2.14. The molecule has 0 aromatic carbocycles. The Morgan fingerprint density at radius 1 is 1.39 bits per heavy atom. The van der Waals surface area contributed by atoms with E-state index in [4.69, 9.17) is 5.73 Å². The van der Waals surface area contributed by atoms with Gasteiger partial charge < -0.3 is 5.73 Å². The predicted octanol–water partition coefficient (Wildman–Crippen LogP) is 1.93. The molecule has 18 heavy (non-hydrogen) atoms. The molecule has 3 unspecified atom stereocenters. The third-order valence-corrected chi connectivity index (χ3v) is 4.01. The Hall–Kier alpha value is -0.870. The molecule has 4 heteroatoms. The monoisotopic (exact) mass is 250 g/mol. The predicted molar refractivity (Wildman–Crippen MR) is 74.2 cm³/mol. The Morgan fingerprint density at radius 2 is 2.17 bits per heavy atom. The molecule has 0 aliphatic carbocycles. The van der Waals surface area contributed by atoms with Crippen molar-refractivity contribution in [3.8, 4) is 0 Å². The highest BCUT2D eigenvalue weighted by molar-refractivity contribution is 5.13. The van der Waals surface area contributed by atoms with E-state index < -0.39 is 0 Å². The van der Waals surface area contributed by atoms with Gasteiger partial charge in [-0.05, 0) is 45.2 Å². The number of aryl methyl sites for hydroxylation is 1. The van der Waals surface area contributed by atoms with Crippen LogP contribution in [-0.2, 0) is 7.05 Å². The lowest BCUT2D eigenvalue weighted by molar-refractivity contribution is 0.181. The van der Waals surface area contributed by atoms with Crippen LogP contribution in [0.2, 0.25) is 0 Å². The standard InChI is InChI=1S/C14H26N4/c1-11-5-4-7-18(8-6-11)14(12(2)15)13-9-16-17(3)10-13/h9-12,14H,4-8,15H2,1-3H3. The molecule has 102 valence electrons. The zero-order valence-corrected chi connectivity index (χ0v) is 11.8. The van der Waals surface area contributed by atoms with E-state index in [0.717, 1.165) is 19.0 Å². The fourth-order valence-electron chi connectivity index (χ4n) is 3.00. The van der Waals surface area contributed by atoms with Crippen molar-refractivity contribution in [1.82, 2.24) is 14.7 Å². The van der Waals surface area contributed by atoms with Crippen LogP contribution in [0.1, 0.15) is 44.7 Å². The molecule has 3 atom stereocenters. The summed E-state index contributed by atoms with van der Waals surface area (Å²) in [6.45, 7) is 6.77. The summed E-state index contributed by atoms with van der Waals surface area (Å²) in [4.78, 5) is 2.55.